The van der Waals surface area contributed by atoms with Crippen LogP contribution in [0.3, 0.4) is 0 Å². The third-order valence-corrected chi connectivity index (χ3v) is 4.60. The number of para-hydroxylation sites is 1. The van der Waals surface area contributed by atoms with Crippen molar-refractivity contribution in [2.45, 2.75) is 19.4 Å². The summed E-state index contributed by atoms with van der Waals surface area (Å²) < 4.78 is 4.71. The lowest BCUT2D eigenvalue weighted by atomic mass is 9.95. The highest BCUT2D eigenvalue weighted by molar-refractivity contribution is 6.39. The predicted octanol–water partition coefficient (Wildman–Crippen LogP) is 3.61. The van der Waals surface area contributed by atoms with Crippen LogP contribution in [0.2, 0.25) is 0 Å². The Labute approximate surface area is 160 Å². The number of ether oxygens (including phenoxy) is 1. The van der Waals surface area contributed by atoms with Crippen LogP contribution in [0.1, 0.15) is 30.6 Å². The molecule has 144 valence electrons. The quantitative estimate of drug-likeness (QED) is 0.491. The van der Waals surface area contributed by atoms with E-state index in [-0.39, 0.29) is 12.1 Å². The van der Waals surface area contributed by atoms with E-state index in [2.05, 4.69) is 0 Å². The highest BCUT2D eigenvalue weighted by Gasteiger charge is 2.38. The van der Waals surface area contributed by atoms with Gasteiger partial charge >= 0.3 is 6.09 Å². The highest BCUT2D eigenvalue weighted by atomic mass is 16.6. The molecule has 1 N–H and O–H groups in total. The fourth-order valence-electron chi connectivity index (χ4n) is 3.23. The Hall–Kier alpha value is -3.52. The smallest absolute Gasteiger partial charge is 0.421 e. The van der Waals surface area contributed by atoms with E-state index in [0.717, 1.165) is 4.90 Å². The van der Waals surface area contributed by atoms with Crippen LogP contribution in [0.4, 0.5) is 16.2 Å². The first-order valence-electron chi connectivity index (χ1n) is 8.49. The molecule has 1 atom stereocenters. The van der Waals surface area contributed by atoms with Gasteiger partial charge in [0, 0.05) is 23.3 Å². The number of amides is 2. The summed E-state index contributed by atoms with van der Waals surface area (Å²) in [7, 11) is 1.20. The van der Waals surface area contributed by atoms with Crippen molar-refractivity contribution in [3.63, 3.8) is 0 Å². The fourth-order valence-corrected chi connectivity index (χ4v) is 3.23. The summed E-state index contributed by atoms with van der Waals surface area (Å²) >= 11 is 0. The number of fused-ring (bicyclic) bond motifs is 1. The summed E-state index contributed by atoms with van der Waals surface area (Å²) in [6.07, 6.45) is -1.61. The summed E-state index contributed by atoms with van der Waals surface area (Å²) in [5.74, 6) is -0.513. The Morgan fingerprint density at radius 2 is 1.86 bits per heavy atom. The van der Waals surface area contributed by atoms with Gasteiger partial charge in [0.2, 0.25) is 0 Å². The third-order valence-electron chi connectivity index (χ3n) is 4.60. The number of nitro benzene ring substituents is 1. The van der Waals surface area contributed by atoms with Crippen molar-refractivity contribution >= 4 is 28.9 Å². The molecule has 8 heteroatoms. The fraction of sp³-hybridized carbons (Fsp3) is 0.200. The lowest BCUT2D eigenvalue weighted by Gasteiger charge is -2.14. The van der Waals surface area contributed by atoms with E-state index in [0.29, 0.717) is 28.0 Å². The zero-order valence-electron chi connectivity index (χ0n) is 15.3. The van der Waals surface area contributed by atoms with Crippen LogP contribution in [-0.4, -0.2) is 29.1 Å². The molecule has 0 saturated heterocycles. The van der Waals surface area contributed by atoms with E-state index in [9.17, 15) is 24.8 Å². The predicted molar refractivity (Wildman–Crippen MR) is 102 cm³/mol. The molecule has 2 amide bonds. The van der Waals surface area contributed by atoms with Crippen LogP contribution in [0.5, 0.6) is 0 Å². The molecule has 0 spiro atoms. The molecule has 28 heavy (non-hydrogen) atoms. The normalized spacial score (nSPS) is 15.8. The number of hydrogen-bond donors (Lipinski definition) is 1. The minimum absolute atomic E-state index is 0.0698. The van der Waals surface area contributed by atoms with Gasteiger partial charge in [-0.2, -0.15) is 0 Å². The standard InChI is InChI=1S/C20H18N2O6/c1-12(11-17(23)13-7-9-14(10-8-13)22(26)27)18-15-5-3-4-6-16(15)21(19(18)24)20(25)28-2/h3-10,17,23H,11H2,1-2H3/b18-12-/t17-/m1/s1. The number of nitrogens with zero attached hydrogens (tertiary/aromatic N) is 2. The maximum absolute atomic E-state index is 12.9. The number of anilines is 1. The zero-order valence-corrected chi connectivity index (χ0v) is 15.3. The minimum atomic E-state index is -0.958. The molecule has 0 aliphatic carbocycles. The molecule has 0 radical (unpaired) electrons. The monoisotopic (exact) mass is 382 g/mol. The van der Waals surface area contributed by atoms with Crippen LogP contribution in [0.15, 0.2) is 54.1 Å². The summed E-state index contributed by atoms with van der Waals surface area (Å²) in [5, 5.41) is 21.3. The van der Waals surface area contributed by atoms with Gasteiger partial charge in [-0.05, 0) is 37.1 Å². The van der Waals surface area contributed by atoms with E-state index in [1.807, 2.05) is 0 Å². The molecule has 1 aliphatic rings. The van der Waals surface area contributed by atoms with Gasteiger partial charge in [0.25, 0.3) is 11.6 Å². The molecular weight excluding hydrogens is 364 g/mol. The van der Waals surface area contributed by atoms with Crippen molar-refractivity contribution in [3.8, 4) is 0 Å². The van der Waals surface area contributed by atoms with E-state index in [1.165, 1.54) is 31.4 Å². The Morgan fingerprint density at radius 1 is 1.21 bits per heavy atom. The number of benzene rings is 2. The van der Waals surface area contributed by atoms with Gasteiger partial charge in [-0.25, -0.2) is 9.69 Å². The molecule has 3 rings (SSSR count). The van der Waals surface area contributed by atoms with Crippen molar-refractivity contribution in [3.05, 3.63) is 75.3 Å². The maximum atomic E-state index is 12.9. The molecule has 1 heterocycles. The van der Waals surface area contributed by atoms with Crippen molar-refractivity contribution in [2.24, 2.45) is 0 Å². The topological polar surface area (TPSA) is 110 Å². The van der Waals surface area contributed by atoms with Gasteiger partial charge in [-0.15, -0.1) is 0 Å². The van der Waals surface area contributed by atoms with Gasteiger partial charge in [-0.1, -0.05) is 23.8 Å². The number of aliphatic hydroxyl groups is 1. The van der Waals surface area contributed by atoms with Crippen molar-refractivity contribution in [2.75, 3.05) is 12.0 Å². The first-order valence-corrected chi connectivity index (χ1v) is 8.49. The second-order valence-electron chi connectivity index (χ2n) is 6.35. The summed E-state index contributed by atoms with van der Waals surface area (Å²) in [5.41, 5.74) is 2.37. The molecule has 1 aliphatic heterocycles. The summed E-state index contributed by atoms with van der Waals surface area (Å²) in [6.45, 7) is 1.71. The van der Waals surface area contributed by atoms with E-state index < -0.39 is 23.0 Å². The van der Waals surface area contributed by atoms with Crippen LogP contribution in [0, 0.1) is 10.1 Å². The van der Waals surface area contributed by atoms with Crippen LogP contribution >= 0.6 is 0 Å². The minimum Gasteiger partial charge on any atom is -0.452 e. The number of methoxy groups -OCH3 is 1. The highest BCUT2D eigenvalue weighted by Crippen LogP contribution is 2.40. The van der Waals surface area contributed by atoms with Crippen molar-refractivity contribution < 1.29 is 24.4 Å². The third kappa shape index (κ3) is 3.37. The molecule has 0 bridgehead atoms. The Balaban J connectivity index is 1.93. The van der Waals surface area contributed by atoms with Gasteiger partial charge in [-0.3, -0.25) is 14.9 Å². The lowest BCUT2D eigenvalue weighted by molar-refractivity contribution is -0.384. The van der Waals surface area contributed by atoms with Gasteiger partial charge in [0.05, 0.1) is 23.8 Å². The number of nitro groups is 1. The zero-order chi connectivity index (χ0) is 20.4. The first kappa shape index (κ1) is 19.2. The van der Waals surface area contributed by atoms with Crippen LogP contribution < -0.4 is 4.90 Å². The van der Waals surface area contributed by atoms with Crippen molar-refractivity contribution in [1.82, 2.24) is 0 Å². The summed E-state index contributed by atoms with van der Waals surface area (Å²) in [6, 6.07) is 12.4. The number of imide groups is 1. The second kappa shape index (κ2) is 7.61. The number of hydrogen-bond acceptors (Lipinski definition) is 6. The second-order valence-corrected chi connectivity index (χ2v) is 6.35. The largest absolute Gasteiger partial charge is 0.452 e. The maximum Gasteiger partial charge on any atom is 0.421 e. The molecule has 0 unspecified atom stereocenters. The average molecular weight is 382 g/mol. The molecule has 0 aromatic heterocycles. The lowest BCUT2D eigenvalue weighted by Crippen LogP contribution is -2.33. The first-order chi connectivity index (χ1) is 13.3. The van der Waals surface area contributed by atoms with Gasteiger partial charge < -0.3 is 9.84 Å². The van der Waals surface area contributed by atoms with E-state index in [4.69, 9.17) is 4.74 Å². The molecule has 2 aromatic rings. The Kier molecular flexibility index (Phi) is 5.23. The van der Waals surface area contributed by atoms with Gasteiger partial charge in [0.15, 0.2) is 0 Å². The van der Waals surface area contributed by atoms with Gasteiger partial charge in [0.1, 0.15) is 0 Å². The van der Waals surface area contributed by atoms with Crippen LogP contribution in [-0.2, 0) is 9.53 Å². The molecule has 8 nitrogen and oxygen atoms in total. The van der Waals surface area contributed by atoms with Crippen molar-refractivity contribution in [1.29, 1.82) is 0 Å². The molecule has 2 aromatic carbocycles. The molecule has 0 saturated carbocycles. The van der Waals surface area contributed by atoms with Crippen LogP contribution in [0.25, 0.3) is 5.57 Å². The number of aliphatic hydroxyl groups excluding tert-OH is 1. The molecular formula is C20H18N2O6. The number of carbonyl (C=O) groups is 2. The number of rotatable bonds is 4. The Bertz CT molecular complexity index is 980. The number of non-ortho nitro benzene ring substituents is 1. The number of carbonyl (C=O) groups excluding carboxylic acids is 2. The van der Waals surface area contributed by atoms with E-state index >= 15 is 0 Å². The summed E-state index contributed by atoms with van der Waals surface area (Å²) in [4.78, 5) is 36.1. The molecule has 0 fully saturated rings. The van der Waals surface area contributed by atoms with E-state index in [1.54, 1.807) is 31.2 Å². The average Bonchev–Trinajstić information content (AvgIpc) is 2.99. The SMILES string of the molecule is COC(=O)N1C(=O)/C(=C(/C)C[C@@H](O)c2ccc([N+](=O)[O-])cc2)c2ccccc21. The Morgan fingerprint density at radius 3 is 2.46 bits per heavy atom.